The molecule has 0 fully saturated rings. The van der Waals surface area contributed by atoms with Crippen LogP contribution in [0.3, 0.4) is 0 Å². The molecule has 15 heavy (non-hydrogen) atoms. The first kappa shape index (κ1) is 11.7. The van der Waals surface area contributed by atoms with E-state index in [1.807, 2.05) is 0 Å². The number of hydrogen-bond donors (Lipinski definition) is 2. The van der Waals surface area contributed by atoms with Gasteiger partial charge in [0.05, 0.1) is 12.2 Å². The Labute approximate surface area is 87.9 Å². The maximum absolute atomic E-state index is 13.3. The van der Waals surface area contributed by atoms with Gasteiger partial charge in [0.1, 0.15) is 5.82 Å². The first-order valence-electron chi connectivity index (χ1n) is 4.72. The summed E-state index contributed by atoms with van der Waals surface area (Å²) in [6, 6.07) is 3.96. The van der Waals surface area contributed by atoms with Crippen LogP contribution in [0.2, 0.25) is 0 Å². The maximum atomic E-state index is 13.3. The summed E-state index contributed by atoms with van der Waals surface area (Å²) in [5.41, 5.74) is 0.827. The van der Waals surface area contributed by atoms with Crippen molar-refractivity contribution < 1.29 is 14.3 Å². The highest BCUT2D eigenvalue weighted by Crippen LogP contribution is 2.09. The number of benzene rings is 1. The third kappa shape index (κ3) is 3.02. The fourth-order valence-electron chi connectivity index (χ4n) is 1.16. The third-order valence-electron chi connectivity index (χ3n) is 2.02. The summed E-state index contributed by atoms with van der Waals surface area (Å²) in [7, 11) is 0. The molecule has 1 aromatic carbocycles. The van der Waals surface area contributed by atoms with E-state index in [9.17, 15) is 9.18 Å². The van der Waals surface area contributed by atoms with Crippen molar-refractivity contribution in [3.63, 3.8) is 0 Å². The predicted octanol–water partition coefficient (Wildman–Crippen LogP) is 1.24. The van der Waals surface area contributed by atoms with E-state index < -0.39 is 11.7 Å². The molecule has 0 aliphatic rings. The quantitative estimate of drug-likeness (QED) is 0.790. The molecule has 0 heterocycles. The number of aliphatic hydroxyl groups is 1. The molecule has 0 saturated carbocycles. The zero-order valence-electron chi connectivity index (χ0n) is 8.75. The van der Waals surface area contributed by atoms with E-state index in [1.165, 1.54) is 12.1 Å². The van der Waals surface area contributed by atoms with Gasteiger partial charge in [0.15, 0.2) is 0 Å². The maximum Gasteiger partial charge on any atom is 0.254 e. The van der Waals surface area contributed by atoms with Gasteiger partial charge in [0, 0.05) is 6.04 Å². The molecule has 1 aromatic rings. The van der Waals surface area contributed by atoms with Gasteiger partial charge in [0.25, 0.3) is 5.91 Å². The number of hydrogen-bond acceptors (Lipinski definition) is 2. The van der Waals surface area contributed by atoms with Crippen molar-refractivity contribution in [3.05, 3.63) is 35.1 Å². The average molecular weight is 211 g/mol. The lowest BCUT2D eigenvalue weighted by atomic mass is 10.1. The number of aryl methyl sites for hydroxylation is 1. The minimum absolute atomic E-state index is 0.00954. The standard InChI is InChI=1S/C11H14FNO2/c1-7-3-4-10(12)9(5-7)11(15)13-8(2)6-14/h3-5,8,14H,6H2,1-2H3,(H,13,15). The van der Waals surface area contributed by atoms with Gasteiger partial charge in [-0.05, 0) is 26.0 Å². The Morgan fingerprint density at radius 3 is 2.87 bits per heavy atom. The molecule has 1 amide bonds. The lowest BCUT2D eigenvalue weighted by Gasteiger charge is -2.11. The fraction of sp³-hybridized carbons (Fsp3) is 0.364. The molecule has 0 spiro atoms. The second kappa shape index (κ2) is 4.89. The lowest BCUT2D eigenvalue weighted by Crippen LogP contribution is -2.35. The van der Waals surface area contributed by atoms with Crippen LogP contribution >= 0.6 is 0 Å². The number of carbonyl (C=O) groups is 1. The van der Waals surface area contributed by atoms with Crippen LogP contribution in [0.4, 0.5) is 4.39 Å². The monoisotopic (exact) mass is 211 g/mol. The van der Waals surface area contributed by atoms with Gasteiger partial charge in [-0.15, -0.1) is 0 Å². The molecular formula is C11H14FNO2. The van der Waals surface area contributed by atoms with Crippen LogP contribution in [0.25, 0.3) is 0 Å². The molecule has 1 atom stereocenters. The van der Waals surface area contributed by atoms with E-state index in [1.54, 1.807) is 19.9 Å². The van der Waals surface area contributed by atoms with Gasteiger partial charge in [-0.3, -0.25) is 4.79 Å². The summed E-state index contributed by atoms with van der Waals surface area (Å²) in [5, 5.41) is 11.2. The molecule has 4 heteroatoms. The number of nitrogens with one attached hydrogen (secondary N) is 1. The molecule has 0 aliphatic carbocycles. The summed E-state index contributed by atoms with van der Waals surface area (Å²) in [6.45, 7) is 3.26. The number of aliphatic hydroxyl groups excluding tert-OH is 1. The Balaban J connectivity index is 2.86. The molecule has 0 aromatic heterocycles. The molecule has 1 rings (SSSR count). The van der Waals surface area contributed by atoms with Gasteiger partial charge >= 0.3 is 0 Å². The van der Waals surface area contributed by atoms with E-state index in [4.69, 9.17) is 5.11 Å². The molecule has 0 aliphatic heterocycles. The Morgan fingerprint density at radius 1 is 1.60 bits per heavy atom. The second-order valence-electron chi connectivity index (χ2n) is 3.54. The van der Waals surface area contributed by atoms with Gasteiger partial charge in [-0.1, -0.05) is 11.6 Å². The van der Waals surface area contributed by atoms with Crippen LogP contribution in [0.1, 0.15) is 22.8 Å². The Morgan fingerprint density at radius 2 is 2.27 bits per heavy atom. The zero-order chi connectivity index (χ0) is 11.4. The minimum Gasteiger partial charge on any atom is -0.394 e. The summed E-state index contributed by atoms with van der Waals surface area (Å²) in [4.78, 5) is 11.5. The molecule has 3 nitrogen and oxygen atoms in total. The van der Waals surface area contributed by atoms with E-state index in [-0.39, 0.29) is 18.2 Å². The van der Waals surface area contributed by atoms with Crippen molar-refractivity contribution in [3.8, 4) is 0 Å². The van der Waals surface area contributed by atoms with Crippen LogP contribution < -0.4 is 5.32 Å². The SMILES string of the molecule is Cc1ccc(F)c(C(=O)NC(C)CO)c1. The van der Waals surface area contributed by atoms with Crippen molar-refractivity contribution in [2.24, 2.45) is 0 Å². The molecular weight excluding hydrogens is 197 g/mol. The van der Waals surface area contributed by atoms with Crippen molar-refractivity contribution in [2.45, 2.75) is 19.9 Å². The Kier molecular flexibility index (Phi) is 3.80. The highest BCUT2D eigenvalue weighted by molar-refractivity contribution is 5.94. The van der Waals surface area contributed by atoms with Crippen molar-refractivity contribution in [2.75, 3.05) is 6.61 Å². The molecule has 0 radical (unpaired) electrons. The molecule has 0 saturated heterocycles. The first-order valence-corrected chi connectivity index (χ1v) is 4.72. The molecule has 1 unspecified atom stereocenters. The molecule has 0 bridgehead atoms. The number of rotatable bonds is 3. The van der Waals surface area contributed by atoms with Crippen molar-refractivity contribution in [1.82, 2.24) is 5.32 Å². The zero-order valence-corrected chi connectivity index (χ0v) is 8.75. The van der Waals surface area contributed by atoms with E-state index >= 15 is 0 Å². The fourth-order valence-corrected chi connectivity index (χ4v) is 1.16. The normalized spacial score (nSPS) is 12.3. The highest BCUT2D eigenvalue weighted by Gasteiger charge is 2.13. The topological polar surface area (TPSA) is 49.3 Å². The summed E-state index contributed by atoms with van der Waals surface area (Å²) in [5.74, 6) is -1.05. The van der Waals surface area contributed by atoms with E-state index in [2.05, 4.69) is 5.32 Å². The van der Waals surface area contributed by atoms with E-state index in [0.717, 1.165) is 5.56 Å². The summed E-state index contributed by atoms with van der Waals surface area (Å²) < 4.78 is 13.3. The average Bonchev–Trinajstić information content (AvgIpc) is 2.21. The van der Waals surface area contributed by atoms with Gasteiger partial charge in [-0.2, -0.15) is 0 Å². The van der Waals surface area contributed by atoms with Gasteiger partial charge in [0.2, 0.25) is 0 Å². The number of halogens is 1. The van der Waals surface area contributed by atoms with Crippen molar-refractivity contribution in [1.29, 1.82) is 0 Å². The first-order chi connectivity index (χ1) is 7.04. The van der Waals surface area contributed by atoms with Crippen LogP contribution in [0, 0.1) is 12.7 Å². The van der Waals surface area contributed by atoms with Crippen LogP contribution in [0.15, 0.2) is 18.2 Å². The smallest absolute Gasteiger partial charge is 0.254 e. The number of carbonyl (C=O) groups excluding carboxylic acids is 1. The Bertz CT molecular complexity index is 366. The Hall–Kier alpha value is -1.42. The minimum atomic E-state index is -0.553. The summed E-state index contributed by atoms with van der Waals surface area (Å²) in [6.07, 6.45) is 0. The van der Waals surface area contributed by atoms with Crippen molar-refractivity contribution >= 4 is 5.91 Å². The second-order valence-corrected chi connectivity index (χ2v) is 3.54. The predicted molar refractivity (Wildman–Crippen MR) is 55.2 cm³/mol. The molecule has 2 N–H and O–H groups in total. The molecule has 82 valence electrons. The van der Waals surface area contributed by atoms with E-state index in [0.29, 0.717) is 0 Å². The largest absolute Gasteiger partial charge is 0.394 e. The van der Waals surface area contributed by atoms with Crippen LogP contribution in [0.5, 0.6) is 0 Å². The van der Waals surface area contributed by atoms with Gasteiger partial charge < -0.3 is 10.4 Å². The summed E-state index contributed by atoms with van der Waals surface area (Å²) >= 11 is 0. The third-order valence-corrected chi connectivity index (χ3v) is 2.02. The van der Waals surface area contributed by atoms with Crippen LogP contribution in [-0.2, 0) is 0 Å². The highest BCUT2D eigenvalue weighted by atomic mass is 19.1. The number of amides is 1. The van der Waals surface area contributed by atoms with Gasteiger partial charge in [-0.25, -0.2) is 4.39 Å². The van der Waals surface area contributed by atoms with Crippen LogP contribution in [-0.4, -0.2) is 23.7 Å². The lowest BCUT2D eigenvalue weighted by molar-refractivity contribution is 0.0918.